The lowest BCUT2D eigenvalue weighted by Crippen LogP contribution is -2.43. The van der Waals surface area contributed by atoms with Crippen molar-refractivity contribution in [1.82, 2.24) is 4.98 Å². The molecule has 1 atom stereocenters. The number of aliphatic hydroxyl groups excluding tert-OH is 1. The maximum atomic E-state index is 10.6. The van der Waals surface area contributed by atoms with Crippen LogP contribution < -0.4 is 4.90 Å². The van der Waals surface area contributed by atoms with Gasteiger partial charge >= 0.3 is 5.97 Å². The van der Waals surface area contributed by atoms with E-state index in [-0.39, 0.29) is 6.42 Å². The molecule has 0 aliphatic carbocycles. The minimum Gasteiger partial charge on any atom is -0.481 e. The van der Waals surface area contributed by atoms with Crippen molar-refractivity contribution < 1.29 is 19.7 Å². The average Bonchev–Trinajstić information content (AvgIpc) is 2.31. The summed E-state index contributed by atoms with van der Waals surface area (Å²) in [7, 11) is 0. The van der Waals surface area contributed by atoms with Crippen LogP contribution in [0.1, 0.15) is 39.2 Å². The van der Waals surface area contributed by atoms with Crippen LogP contribution >= 0.6 is 0 Å². The molecule has 0 aliphatic rings. The van der Waals surface area contributed by atoms with Crippen LogP contribution in [0, 0.1) is 6.92 Å². The Balaban J connectivity index is 2.85. The van der Waals surface area contributed by atoms with Crippen LogP contribution in [0.3, 0.4) is 0 Å². The highest BCUT2D eigenvalue weighted by atomic mass is 16.6. The van der Waals surface area contributed by atoms with Crippen molar-refractivity contribution >= 4 is 11.8 Å². The third-order valence-corrected chi connectivity index (χ3v) is 2.71. The Hall–Kier alpha value is -1.66. The van der Waals surface area contributed by atoms with Gasteiger partial charge in [0, 0.05) is 19.2 Å². The summed E-state index contributed by atoms with van der Waals surface area (Å²) in [6.45, 7) is 7.80. The van der Waals surface area contributed by atoms with Gasteiger partial charge in [0.2, 0.25) is 6.41 Å². The number of aliphatic carboxylic acids is 1. The number of rotatable bonds is 7. The number of aromatic nitrogens is 1. The molecule has 0 saturated carbocycles. The molecule has 1 aromatic heterocycles. The summed E-state index contributed by atoms with van der Waals surface area (Å²) < 4.78 is 5.55. The lowest BCUT2D eigenvalue weighted by atomic mass is 10.2. The molecule has 0 aromatic carbocycles. The third-order valence-electron chi connectivity index (χ3n) is 2.71. The number of aryl methyl sites for hydroxylation is 1. The Kier molecular flexibility index (Phi) is 6.11. The summed E-state index contributed by atoms with van der Waals surface area (Å²) >= 11 is 0. The standard InChI is InChI=1S/C15H24N2O4/c1-11-7-8-16-12(10-11)17(9-5-6-13(18)19)14(20)21-15(2,3)4/h7-8,10,14,20H,5-6,9H2,1-4H3,(H,18,19). The number of anilines is 1. The van der Waals surface area contributed by atoms with E-state index >= 15 is 0 Å². The van der Waals surface area contributed by atoms with Gasteiger partial charge in [-0.05, 0) is 51.8 Å². The molecule has 0 fully saturated rings. The maximum absolute atomic E-state index is 10.6. The highest BCUT2D eigenvalue weighted by Gasteiger charge is 2.24. The van der Waals surface area contributed by atoms with E-state index in [0.29, 0.717) is 18.8 Å². The summed E-state index contributed by atoms with van der Waals surface area (Å²) in [6.07, 6.45) is 0.909. The monoisotopic (exact) mass is 296 g/mol. The molecule has 0 radical (unpaired) electrons. The predicted octanol–water partition coefficient (Wildman–Crippen LogP) is 2.15. The first-order valence-electron chi connectivity index (χ1n) is 6.96. The molecule has 1 aromatic rings. The van der Waals surface area contributed by atoms with Gasteiger partial charge in [0.15, 0.2) is 0 Å². The minimum atomic E-state index is -1.17. The van der Waals surface area contributed by atoms with Gasteiger partial charge in [-0.15, -0.1) is 0 Å². The highest BCUT2D eigenvalue weighted by molar-refractivity contribution is 5.66. The molecule has 1 rings (SSSR count). The normalized spacial score (nSPS) is 13.0. The third kappa shape index (κ3) is 6.55. The fourth-order valence-electron chi connectivity index (χ4n) is 1.80. The quantitative estimate of drug-likeness (QED) is 0.750. The molecule has 0 amide bonds. The Bertz CT molecular complexity index is 471. The first-order chi connectivity index (χ1) is 9.69. The van der Waals surface area contributed by atoms with E-state index in [1.165, 1.54) is 0 Å². The van der Waals surface area contributed by atoms with E-state index in [2.05, 4.69) is 4.98 Å². The molecule has 6 nitrogen and oxygen atoms in total. The molecule has 0 spiro atoms. The molecule has 0 bridgehead atoms. The van der Waals surface area contributed by atoms with E-state index in [9.17, 15) is 9.90 Å². The van der Waals surface area contributed by atoms with Crippen molar-refractivity contribution in [3.63, 3.8) is 0 Å². The smallest absolute Gasteiger partial charge is 0.303 e. The van der Waals surface area contributed by atoms with Crippen molar-refractivity contribution in [2.45, 2.75) is 52.6 Å². The Morgan fingerprint density at radius 3 is 2.67 bits per heavy atom. The molecule has 118 valence electrons. The van der Waals surface area contributed by atoms with E-state index in [1.54, 1.807) is 11.1 Å². The topological polar surface area (TPSA) is 82.9 Å². The van der Waals surface area contributed by atoms with Crippen molar-refractivity contribution in [3.05, 3.63) is 23.9 Å². The summed E-state index contributed by atoms with van der Waals surface area (Å²) in [5.41, 5.74) is 0.486. The number of pyridine rings is 1. The SMILES string of the molecule is Cc1ccnc(N(CCCC(=O)O)C(O)OC(C)(C)C)c1. The summed E-state index contributed by atoms with van der Waals surface area (Å²) in [4.78, 5) is 16.4. The summed E-state index contributed by atoms with van der Waals surface area (Å²) in [5.74, 6) is -0.296. The second-order valence-corrected chi connectivity index (χ2v) is 5.94. The fraction of sp³-hybridized carbons (Fsp3) is 0.600. The van der Waals surface area contributed by atoms with Crippen LogP contribution in [-0.4, -0.2) is 39.7 Å². The Morgan fingerprint density at radius 2 is 2.14 bits per heavy atom. The van der Waals surface area contributed by atoms with Gasteiger partial charge in [-0.3, -0.25) is 4.79 Å². The van der Waals surface area contributed by atoms with Crippen LogP contribution in [0.5, 0.6) is 0 Å². The van der Waals surface area contributed by atoms with Crippen LogP contribution in [0.25, 0.3) is 0 Å². The van der Waals surface area contributed by atoms with E-state index in [1.807, 2.05) is 39.8 Å². The number of nitrogens with zero attached hydrogens (tertiary/aromatic N) is 2. The number of aliphatic hydroxyl groups is 1. The van der Waals surface area contributed by atoms with Gasteiger partial charge in [-0.2, -0.15) is 0 Å². The molecule has 2 N–H and O–H groups in total. The number of hydrogen-bond donors (Lipinski definition) is 2. The van der Waals surface area contributed by atoms with Gasteiger partial charge in [-0.25, -0.2) is 4.98 Å². The van der Waals surface area contributed by atoms with E-state index in [0.717, 1.165) is 5.56 Å². The Morgan fingerprint density at radius 1 is 1.48 bits per heavy atom. The predicted molar refractivity (Wildman–Crippen MR) is 80.0 cm³/mol. The minimum absolute atomic E-state index is 0.0323. The largest absolute Gasteiger partial charge is 0.481 e. The van der Waals surface area contributed by atoms with Crippen LogP contribution in [-0.2, 0) is 9.53 Å². The van der Waals surface area contributed by atoms with Crippen molar-refractivity contribution in [2.75, 3.05) is 11.4 Å². The van der Waals surface area contributed by atoms with Crippen LogP contribution in [0.4, 0.5) is 5.82 Å². The number of carboxylic acids is 1. The average molecular weight is 296 g/mol. The van der Waals surface area contributed by atoms with Crippen molar-refractivity contribution in [3.8, 4) is 0 Å². The lowest BCUT2D eigenvalue weighted by molar-refractivity contribution is -0.165. The lowest BCUT2D eigenvalue weighted by Gasteiger charge is -2.33. The van der Waals surface area contributed by atoms with Gasteiger partial charge in [0.25, 0.3) is 0 Å². The van der Waals surface area contributed by atoms with Gasteiger partial charge in [0.1, 0.15) is 5.82 Å². The Labute approximate surface area is 125 Å². The number of carboxylic acid groups (broad SMARTS) is 1. The molecule has 0 aliphatic heterocycles. The fourth-order valence-corrected chi connectivity index (χ4v) is 1.80. The molecular weight excluding hydrogens is 272 g/mol. The summed E-state index contributed by atoms with van der Waals surface area (Å²) in [5, 5.41) is 19.0. The van der Waals surface area contributed by atoms with Crippen LogP contribution in [0.15, 0.2) is 18.3 Å². The molecule has 6 heteroatoms. The number of ether oxygens (including phenoxy) is 1. The first kappa shape index (κ1) is 17.4. The molecule has 1 unspecified atom stereocenters. The highest BCUT2D eigenvalue weighted by Crippen LogP contribution is 2.19. The van der Waals surface area contributed by atoms with Crippen molar-refractivity contribution in [2.24, 2.45) is 0 Å². The second kappa shape index (κ2) is 7.38. The zero-order valence-electron chi connectivity index (χ0n) is 13.0. The second-order valence-electron chi connectivity index (χ2n) is 5.94. The maximum Gasteiger partial charge on any atom is 0.303 e. The van der Waals surface area contributed by atoms with E-state index in [4.69, 9.17) is 9.84 Å². The summed E-state index contributed by atoms with van der Waals surface area (Å²) in [6, 6.07) is 3.69. The first-order valence-corrected chi connectivity index (χ1v) is 6.96. The van der Waals surface area contributed by atoms with E-state index < -0.39 is 18.0 Å². The van der Waals surface area contributed by atoms with Gasteiger partial charge in [0.05, 0.1) is 5.60 Å². The molecular formula is C15H24N2O4. The zero-order chi connectivity index (χ0) is 16.0. The number of hydrogen-bond acceptors (Lipinski definition) is 5. The zero-order valence-corrected chi connectivity index (χ0v) is 13.0. The molecule has 0 saturated heterocycles. The molecule has 21 heavy (non-hydrogen) atoms. The molecule has 1 heterocycles. The van der Waals surface area contributed by atoms with Gasteiger partial charge < -0.3 is 19.8 Å². The van der Waals surface area contributed by atoms with Crippen molar-refractivity contribution in [1.29, 1.82) is 0 Å². The number of carbonyl (C=O) groups is 1. The van der Waals surface area contributed by atoms with Crippen LogP contribution in [0.2, 0.25) is 0 Å². The van der Waals surface area contributed by atoms with Gasteiger partial charge in [-0.1, -0.05) is 0 Å².